The molecule has 17 heavy (non-hydrogen) atoms. The molecule has 1 heterocycles. The lowest BCUT2D eigenvalue weighted by Gasteiger charge is -2.29. The van der Waals surface area contributed by atoms with Gasteiger partial charge < -0.3 is 10.6 Å². The van der Waals surface area contributed by atoms with Crippen LogP contribution >= 0.6 is 0 Å². The highest BCUT2D eigenvalue weighted by molar-refractivity contribution is 5.75. The monoisotopic (exact) mass is 240 g/mol. The van der Waals surface area contributed by atoms with Gasteiger partial charge >= 0.3 is 0 Å². The molecule has 1 amide bonds. The van der Waals surface area contributed by atoms with Crippen LogP contribution in [0.15, 0.2) is 0 Å². The fraction of sp³-hybridized carbons (Fsp3) is 0.929. The van der Waals surface area contributed by atoms with E-state index in [4.69, 9.17) is 0 Å². The Hall–Kier alpha value is -0.570. The second kappa shape index (κ2) is 6.39. The van der Waals surface area contributed by atoms with E-state index in [9.17, 15) is 4.79 Å². The summed E-state index contributed by atoms with van der Waals surface area (Å²) in [6, 6.07) is 0. The van der Waals surface area contributed by atoms with Crippen molar-refractivity contribution in [3.05, 3.63) is 0 Å². The highest BCUT2D eigenvalue weighted by Crippen LogP contribution is 2.20. The lowest BCUT2D eigenvalue weighted by molar-refractivity contribution is -0.121. The van der Waals surface area contributed by atoms with Gasteiger partial charge in [-0.25, -0.2) is 0 Å². The van der Waals surface area contributed by atoms with Crippen LogP contribution in [0.2, 0.25) is 0 Å². The van der Waals surface area contributed by atoms with Gasteiger partial charge in [0.1, 0.15) is 0 Å². The lowest BCUT2D eigenvalue weighted by atomic mass is 9.88. The molecule has 0 aromatic rings. The van der Waals surface area contributed by atoms with Crippen molar-refractivity contribution in [2.24, 2.45) is 17.3 Å². The summed E-state index contributed by atoms with van der Waals surface area (Å²) in [7, 11) is 0. The van der Waals surface area contributed by atoms with Gasteiger partial charge in [0.25, 0.3) is 0 Å². The van der Waals surface area contributed by atoms with Gasteiger partial charge in [-0.1, -0.05) is 27.7 Å². The predicted molar refractivity (Wildman–Crippen MR) is 71.8 cm³/mol. The van der Waals surface area contributed by atoms with E-state index in [-0.39, 0.29) is 11.3 Å². The van der Waals surface area contributed by atoms with Crippen LogP contribution in [0.3, 0.4) is 0 Å². The van der Waals surface area contributed by atoms with Crippen molar-refractivity contribution in [2.45, 2.75) is 47.0 Å². The summed E-state index contributed by atoms with van der Waals surface area (Å²) in [6.07, 6.45) is 2.83. The molecule has 3 heteroatoms. The van der Waals surface area contributed by atoms with Gasteiger partial charge in [0, 0.05) is 13.0 Å². The molecule has 0 aromatic carbocycles. The molecular formula is C14H28N2O. The average Bonchev–Trinajstić information content (AvgIpc) is 2.24. The Bertz CT molecular complexity index is 245. The number of hydrogen-bond donors (Lipinski definition) is 2. The molecule has 3 nitrogen and oxygen atoms in total. The van der Waals surface area contributed by atoms with Gasteiger partial charge in [-0.2, -0.15) is 0 Å². The van der Waals surface area contributed by atoms with Crippen LogP contribution in [0, 0.1) is 17.3 Å². The van der Waals surface area contributed by atoms with E-state index in [1.807, 2.05) is 0 Å². The third-order valence-electron chi connectivity index (χ3n) is 3.65. The van der Waals surface area contributed by atoms with Crippen LogP contribution in [0.25, 0.3) is 0 Å². The normalized spacial score (nSPS) is 25.6. The minimum atomic E-state index is 0.206. The molecule has 2 atom stereocenters. The van der Waals surface area contributed by atoms with E-state index in [0.29, 0.717) is 12.3 Å². The zero-order valence-corrected chi connectivity index (χ0v) is 11.8. The minimum Gasteiger partial charge on any atom is -0.356 e. The van der Waals surface area contributed by atoms with Crippen molar-refractivity contribution in [1.82, 2.24) is 10.6 Å². The summed E-state index contributed by atoms with van der Waals surface area (Å²) in [4.78, 5) is 11.7. The van der Waals surface area contributed by atoms with Crippen molar-refractivity contribution in [3.8, 4) is 0 Å². The molecule has 0 radical (unpaired) electrons. The minimum absolute atomic E-state index is 0.206. The fourth-order valence-corrected chi connectivity index (χ4v) is 2.15. The number of carbonyl (C=O) groups is 1. The Labute approximate surface area is 106 Å². The smallest absolute Gasteiger partial charge is 0.220 e. The predicted octanol–water partition coefficient (Wildman–Crippen LogP) is 2.17. The molecule has 100 valence electrons. The van der Waals surface area contributed by atoms with Crippen molar-refractivity contribution in [2.75, 3.05) is 19.6 Å². The number of rotatable bonds is 4. The van der Waals surface area contributed by atoms with Crippen LogP contribution in [0.1, 0.15) is 47.0 Å². The van der Waals surface area contributed by atoms with Crippen molar-refractivity contribution in [1.29, 1.82) is 0 Å². The Morgan fingerprint density at radius 1 is 1.41 bits per heavy atom. The van der Waals surface area contributed by atoms with Crippen molar-refractivity contribution >= 4 is 5.91 Å². The third-order valence-corrected chi connectivity index (χ3v) is 3.65. The Morgan fingerprint density at radius 2 is 2.12 bits per heavy atom. The van der Waals surface area contributed by atoms with Gasteiger partial charge in [-0.15, -0.1) is 0 Å². The Kier molecular flexibility index (Phi) is 5.44. The molecule has 0 saturated carbocycles. The first-order chi connectivity index (χ1) is 7.88. The van der Waals surface area contributed by atoms with Crippen LogP contribution in [-0.4, -0.2) is 25.5 Å². The van der Waals surface area contributed by atoms with E-state index >= 15 is 0 Å². The van der Waals surface area contributed by atoms with Gasteiger partial charge in [0.05, 0.1) is 0 Å². The maximum absolute atomic E-state index is 11.7. The van der Waals surface area contributed by atoms with Gasteiger partial charge in [-0.3, -0.25) is 4.79 Å². The summed E-state index contributed by atoms with van der Waals surface area (Å²) in [5.41, 5.74) is 0.247. The second-order valence-corrected chi connectivity index (χ2v) is 6.59. The standard InChI is InChI=1S/C14H28N2O/c1-11-6-8-15-9-12(11)10-16-13(17)5-7-14(2,3)4/h11-12,15H,5-10H2,1-4H3,(H,16,17). The van der Waals surface area contributed by atoms with Crippen molar-refractivity contribution < 1.29 is 4.79 Å². The first-order valence-corrected chi connectivity index (χ1v) is 6.86. The van der Waals surface area contributed by atoms with Gasteiger partial charge in [0.2, 0.25) is 5.91 Å². The maximum Gasteiger partial charge on any atom is 0.220 e. The Balaban J connectivity index is 2.19. The maximum atomic E-state index is 11.7. The molecule has 0 aliphatic carbocycles. The van der Waals surface area contributed by atoms with Crippen LogP contribution < -0.4 is 10.6 Å². The third kappa shape index (κ3) is 6.06. The van der Waals surface area contributed by atoms with Gasteiger partial charge in [-0.05, 0) is 43.2 Å². The molecule has 1 rings (SSSR count). The van der Waals surface area contributed by atoms with E-state index in [1.165, 1.54) is 6.42 Å². The van der Waals surface area contributed by atoms with E-state index in [1.54, 1.807) is 0 Å². The molecule has 0 bridgehead atoms. The molecule has 2 N–H and O–H groups in total. The molecule has 1 aliphatic heterocycles. The van der Waals surface area contributed by atoms with Gasteiger partial charge in [0.15, 0.2) is 0 Å². The van der Waals surface area contributed by atoms with Crippen LogP contribution in [0.4, 0.5) is 0 Å². The van der Waals surface area contributed by atoms with Crippen LogP contribution in [0.5, 0.6) is 0 Å². The number of piperidine rings is 1. The largest absolute Gasteiger partial charge is 0.356 e. The summed E-state index contributed by atoms with van der Waals surface area (Å²) in [5, 5.41) is 6.47. The fourth-order valence-electron chi connectivity index (χ4n) is 2.15. The average molecular weight is 240 g/mol. The van der Waals surface area contributed by atoms with E-state index in [0.717, 1.165) is 32.0 Å². The topological polar surface area (TPSA) is 41.1 Å². The lowest BCUT2D eigenvalue weighted by Crippen LogP contribution is -2.42. The van der Waals surface area contributed by atoms with Crippen molar-refractivity contribution in [3.63, 3.8) is 0 Å². The highest BCUT2D eigenvalue weighted by atomic mass is 16.1. The molecule has 1 aliphatic rings. The number of amides is 1. The van der Waals surface area contributed by atoms with E-state index in [2.05, 4.69) is 38.3 Å². The zero-order chi connectivity index (χ0) is 12.9. The molecular weight excluding hydrogens is 212 g/mol. The molecule has 2 unspecified atom stereocenters. The van der Waals surface area contributed by atoms with Crippen LogP contribution in [-0.2, 0) is 4.79 Å². The first-order valence-electron chi connectivity index (χ1n) is 6.86. The summed E-state index contributed by atoms with van der Waals surface area (Å²) < 4.78 is 0. The summed E-state index contributed by atoms with van der Waals surface area (Å²) in [6.45, 7) is 11.8. The highest BCUT2D eigenvalue weighted by Gasteiger charge is 2.21. The molecule has 1 fully saturated rings. The quantitative estimate of drug-likeness (QED) is 0.791. The molecule has 0 aromatic heterocycles. The zero-order valence-electron chi connectivity index (χ0n) is 11.8. The van der Waals surface area contributed by atoms with E-state index < -0.39 is 0 Å². The number of nitrogens with one attached hydrogen (secondary N) is 2. The first kappa shape index (κ1) is 14.5. The summed E-state index contributed by atoms with van der Waals surface area (Å²) in [5.74, 6) is 1.53. The SMILES string of the molecule is CC1CCNCC1CNC(=O)CCC(C)(C)C. The molecule has 1 saturated heterocycles. The number of carbonyl (C=O) groups excluding carboxylic acids is 1. The number of hydrogen-bond acceptors (Lipinski definition) is 2. The second-order valence-electron chi connectivity index (χ2n) is 6.59. The summed E-state index contributed by atoms with van der Waals surface area (Å²) >= 11 is 0. The Morgan fingerprint density at radius 3 is 2.71 bits per heavy atom. The molecule has 0 spiro atoms.